The van der Waals surface area contributed by atoms with Crippen molar-refractivity contribution >= 4 is 23.2 Å². The predicted molar refractivity (Wildman–Crippen MR) is 81.2 cm³/mol. The van der Waals surface area contributed by atoms with E-state index in [4.69, 9.17) is 33.0 Å². The molecule has 1 N–H and O–H groups in total. The maximum Gasteiger partial charge on any atom is 0.131 e. The number of rotatable bonds is 3. The first-order valence-corrected chi connectivity index (χ1v) is 6.81. The average molecular weight is 325 g/mol. The molecule has 0 saturated heterocycles. The van der Waals surface area contributed by atoms with Gasteiger partial charge >= 0.3 is 0 Å². The van der Waals surface area contributed by atoms with Gasteiger partial charge in [0.25, 0.3) is 0 Å². The van der Waals surface area contributed by atoms with E-state index in [9.17, 15) is 4.39 Å². The molecule has 0 unspecified atom stereocenters. The molecule has 0 radical (unpaired) electrons. The second kappa shape index (κ2) is 7.33. The van der Waals surface area contributed by atoms with Crippen molar-refractivity contribution in [3.05, 3.63) is 63.4 Å². The molecule has 2 rings (SSSR count). The Labute approximate surface area is 132 Å². The van der Waals surface area contributed by atoms with Gasteiger partial charge in [0.15, 0.2) is 0 Å². The molecule has 0 bridgehead atoms. The highest BCUT2D eigenvalue weighted by Gasteiger charge is 2.05. The van der Waals surface area contributed by atoms with E-state index in [1.165, 1.54) is 6.07 Å². The predicted octanol–water partition coefficient (Wildman–Crippen LogP) is 4.06. The Bertz CT molecular complexity index is 685. The van der Waals surface area contributed by atoms with E-state index in [1.54, 1.807) is 30.3 Å². The van der Waals surface area contributed by atoms with Gasteiger partial charge in [-0.25, -0.2) is 4.39 Å². The highest BCUT2D eigenvalue weighted by atomic mass is 35.5. The van der Waals surface area contributed by atoms with E-state index in [1.807, 2.05) is 0 Å². The molecule has 5 heteroatoms. The fourth-order valence-electron chi connectivity index (χ4n) is 1.66. The van der Waals surface area contributed by atoms with Crippen molar-refractivity contribution in [2.75, 3.05) is 6.61 Å². The molecule has 21 heavy (non-hydrogen) atoms. The molecule has 0 atom stereocenters. The lowest BCUT2D eigenvalue weighted by molar-refractivity contribution is 0.300. The van der Waals surface area contributed by atoms with Crippen LogP contribution in [0.4, 0.5) is 4.39 Å². The van der Waals surface area contributed by atoms with Crippen molar-refractivity contribution in [3.8, 4) is 17.6 Å². The smallest absolute Gasteiger partial charge is 0.131 e. The molecular weight excluding hydrogens is 314 g/mol. The Hall–Kier alpha value is -1.73. The van der Waals surface area contributed by atoms with Gasteiger partial charge in [0.1, 0.15) is 24.8 Å². The summed E-state index contributed by atoms with van der Waals surface area (Å²) in [6.45, 7) is -0.210. The highest BCUT2D eigenvalue weighted by Crippen LogP contribution is 2.25. The van der Waals surface area contributed by atoms with Crippen LogP contribution in [-0.2, 0) is 6.61 Å². The van der Waals surface area contributed by atoms with Gasteiger partial charge in [-0.2, -0.15) is 0 Å². The summed E-state index contributed by atoms with van der Waals surface area (Å²) in [4.78, 5) is 0. The van der Waals surface area contributed by atoms with E-state index in [0.717, 1.165) is 0 Å². The van der Waals surface area contributed by atoms with Crippen molar-refractivity contribution in [2.24, 2.45) is 0 Å². The molecule has 0 aliphatic carbocycles. The average Bonchev–Trinajstić information content (AvgIpc) is 2.43. The minimum Gasteiger partial charge on any atom is -0.489 e. The normalized spacial score (nSPS) is 9.90. The van der Waals surface area contributed by atoms with Gasteiger partial charge in [-0.1, -0.05) is 41.1 Å². The van der Waals surface area contributed by atoms with Crippen LogP contribution in [0.3, 0.4) is 0 Å². The molecule has 0 fully saturated rings. The molecule has 0 heterocycles. The largest absolute Gasteiger partial charge is 0.489 e. The molecule has 0 aromatic heterocycles. The van der Waals surface area contributed by atoms with Gasteiger partial charge in [0, 0.05) is 21.2 Å². The minimum absolute atomic E-state index is 0.0518. The number of benzene rings is 2. The van der Waals surface area contributed by atoms with Crippen LogP contribution in [0.2, 0.25) is 10.0 Å². The van der Waals surface area contributed by atoms with Crippen LogP contribution in [-0.4, -0.2) is 11.7 Å². The van der Waals surface area contributed by atoms with Gasteiger partial charge in [-0.15, -0.1) is 0 Å². The molecule has 0 aliphatic heterocycles. The van der Waals surface area contributed by atoms with Crippen LogP contribution in [0.25, 0.3) is 0 Å². The van der Waals surface area contributed by atoms with Crippen molar-refractivity contribution in [3.63, 3.8) is 0 Å². The van der Waals surface area contributed by atoms with Crippen molar-refractivity contribution in [2.45, 2.75) is 6.61 Å². The number of aliphatic hydroxyl groups is 1. The maximum atomic E-state index is 13.9. The van der Waals surface area contributed by atoms with E-state index in [0.29, 0.717) is 26.9 Å². The monoisotopic (exact) mass is 324 g/mol. The summed E-state index contributed by atoms with van der Waals surface area (Å²) < 4.78 is 19.3. The van der Waals surface area contributed by atoms with E-state index < -0.39 is 5.82 Å². The van der Waals surface area contributed by atoms with Gasteiger partial charge < -0.3 is 9.84 Å². The number of hydrogen-bond donors (Lipinski definition) is 1. The zero-order valence-electron chi connectivity index (χ0n) is 10.9. The fourth-order valence-corrected chi connectivity index (χ4v) is 2.16. The highest BCUT2D eigenvalue weighted by molar-refractivity contribution is 6.34. The Balaban J connectivity index is 2.09. The Morgan fingerprint density at radius 1 is 1.10 bits per heavy atom. The van der Waals surface area contributed by atoms with Crippen LogP contribution in [0.15, 0.2) is 36.4 Å². The maximum absolute atomic E-state index is 13.9. The summed E-state index contributed by atoms with van der Waals surface area (Å²) in [5, 5.41) is 9.50. The number of aliphatic hydroxyl groups excluding tert-OH is 1. The lowest BCUT2D eigenvalue weighted by Gasteiger charge is -2.08. The van der Waals surface area contributed by atoms with Crippen molar-refractivity contribution in [1.82, 2.24) is 0 Å². The number of hydrogen-bond acceptors (Lipinski definition) is 2. The third kappa shape index (κ3) is 4.64. The summed E-state index contributed by atoms with van der Waals surface area (Å²) in [6.07, 6.45) is 0. The third-order valence-electron chi connectivity index (χ3n) is 2.60. The van der Waals surface area contributed by atoms with Crippen LogP contribution in [0.5, 0.6) is 5.75 Å². The zero-order valence-corrected chi connectivity index (χ0v) is 12.4. The Morgan fingerprint density at radius 2 is 1.81 bits per heavy atom. The number of halogens is 3. The van der Waals surface area contributed by atoms with Crippen LogP contribution >= 0.6 is 23.2 Å². The molecule has 108 valence electrons. The van der Waals surface area contributed by atoms with Gasteiger partial charge in [-0.3, -0.25) is 0 Å². The van der Waals surface area contributed by atoms with Crippen LogP contribution < -0.4 is 4.74 Å². The number of ether oxygens (including phenoxy) is 1. The van der Waals surface area contributed by atoms with Gasteiger partial charge in [0.05, 0.1) is 0 Å². The standard InChI is InChI=1S/C16H11Cl2FO2/c17-13-7-14(18)9-15(8-13)21-10-12-4-3-11(2-1-5-20)6-16(12)19/h3-4,6-9,20H,5,10H2. The van der Waals surface area contributed by atoms with Crippen LogP contribution in [0.1, 0.15) is 11.1 Å². The van der Waals surface area contributed by atoms with Crippen LogP contribution in [0, 0.1) is 17.7 Å². The summed E-state index contributed by atoms with van der Waals surface area (Å²) in [7, 11) is 0. The molecule has 2 aromatic carbocycles. The van der Waals surface area contributed by atoms with E-state index >= 15 is 0 Å². The van der Waals surface area contributed by atoms with Crippen molar-refractivity contribution in [1.29, 1.82) is 0 Å². The quantitative estimate of drug-likeness (QED) is 0.863. The summed E-state index contributed by atoms with van der Waals surface area (Å²) in [6, 6.07) is 9.34. The summed E-state index contributed by atoms with van der Waals surface area (Å²) in [5.41, 5.74) is 0.886. The van der Waals surface area contributed by atoms with Gasteiger partial charge in [-0.05, 0) is 30.3 Å². The lowest BCUT2D eigenvalue weighted by Crippen LogP contribution is -1.99. The molecule has 0 aliphatic rings. The lowest BCUT2D eigenvalue weighted by atomic mass is 10.1. The van der Waals surface area contributed by atoms with E-state index in [-0.39, 0.29) is 13.2 Å². The fraction of sp³-hybridized carbons (Fsp3) is 0.125. The first-order valence-electron chi connectivity index (χ1n) is 6.05. The second-order valence-electron chi connectivity index (χ2n) is 4.16. The Kier molecular flexibility index (Phi) is 5.46. The molecule has 0 spiro atoms. The molecule has 2 nitrogen and oxygen atoms in total. The molecule has 0 amide bonds. The SMILES string of the molecule is OCC#Cc1ccc(COc2cc(Cl)cc(Cl)c2)c(F)c1. The van der Waals surface area contributed by atoms with E-state index in [2.05, 4.69) is 11.8 Å². The summed E-state index contributed by atoms with van der Waals surface area (Å²) in [5.74, 6) is 5.14. The molecule has 0 saturated carbocycles. The summed E-state index contributed by atoms with van der Waals surface area (Å²) >= 11 is 11.7. The topological polar surface area (TPSA) is 29.5 Å². The third-order valence-corrected chi connectivity index (χ3v) is 3.03. The second-order valence-corrected chi connectivity index (χ2v) is 5.03. The molecular formula is C16H11Cl2FO2. The first kappa shape index (κ1) is 15.7. The minimum atomic E-state index is -0.423. The van der Waals surface area contributed by atoms with Gasteiger partial charge in [0.2, 0.25) is 0 Å². The van der Waals surface area contributed by atoms with Crippen molar-refractivity contribution < 1.29 is 14.2 Å². The Morgan fingerprint density at radius 3 is 2.43 bits per heavy atom. The molecule has 2 aromatic rings. The first-order chi connectivity index (χ1) is 10.1. The zero-order chi connectivity index (χ0) is 15.2.